The van der Waals surface area contributed by atoms with E-state index in [0.717, 1.165) is 16.9 Å². The van der Waals surface area contributed by atoms with E-state index in [-0.39, 0.29) is 11.8 Å². The highest BCUT2D eigenvalue weighted by atomic mass is 32.1. The first-order chi connectivity index (χ1) is 10.7. The topological polar surface area (TPSA) is 56.4 Å². The monoisotopic (exact) mass is 317 g/mol. The second-order valence-electron chi connectivity index (χ2n) is 5.47. The van der Waals surface area contributed by atoms with Gasteiger partial charge < -0.3 is 14.8 Å². The molecular formula is C16H19N3O2S. The number of amides is 2. The summed E-state index contributed by atoms with van der Waals surface area (Å²) in [5, 5.41) is 1.95. The molecule has 1 saturated heterocycles. The molecule has 0 radical (unpaired) electrons. The first-order valence-electron chi connectivity index (χ1n) is 7.42. The Morgan fingerprint density at radius 3 is 2.41 bits per heavy atom. The highest BCUT2D eigenvalue weighted by Crippen LogP contribution is 2.19. The number of aromatic amines is 1. The average molecular weight is 317 g/mol. The van der Waals surface area contributed by atoms with Crippen LogP contribution in [0.25, 0.3) is 0 Å². The second kappa shape index (κ2) is 6.36. The summed E-state index contributed by atoms with van der Waals surface area (Å²) in [6.45, 7) is 4.53. The zero-order chi connectivity index (χ0) is 15.5. The van der Waals surface area contributed by atoms with E-state index in [0.29, 0.717) is 31.7 Å². The molecule has 0 atom stereocenters. The van der Waals surface area contributed by atoms with Crippen molar-refractivity contribution >= 4 is 23.2 Å². The van der Waals surface area contributed by atoms with Gasteiger partial charge in [0.15, 0.2) is 0 Å². The van der Waals surface area contributed by atoms with Crippen molar-refractivity contribution in [2.75, 3.05) is 26.2 Å². The Morgan fingerprint density at radius 1 is 1.09 bits per heavy atom. The van der Waals surface area contributed by atoms with Gasteiger partial charge in [-0.2, -0.15) is 0 Å². The van der Waals surface area contributed by atoms with Crippen molar-refractivity contribution in [1.82, 2.24) is 14.8 Å². The number of carbonyl (C=O) groups excluding carboxylic acids is 2. The molecule has 1 fully saturated rings. The molecule has 0 aliphatic carbocycles. The van der Waals surface area contributed by atoms with Gasteiger partial charge in [0.25, 0.3) is 11.8 Å². The van der Waals surface area contributed by atoms with Crippen LogP contribution in [0.4, 0.5) is 0 Å². The van der Waals surface area contributed by atoms with Gasteiger partial charge in [0.1, 0.15) is 0 Å². The zero-order valence-electron chi connectivity index (χ0n) is 12.5. The maximum absolute atomic E-state index is 12.6. The van der Waals surface area contributed by atoms with Crippen LogP contribution >= 0.6 is 11.3 Å². The predicted molar refractivity (Wildman–Crippen MR) is 86.3 cm³/mol. The Labute approximate surface area is 133 Å². The van der Waals surface area contributed by atoms with Gasteiger partial charge in [-0.05, 0) is 36.4 Å². The van der Waals surface area contributed by atoms with Gasteiger partial charge in [-0.25, -0.2) is 0 Å². The van der Waals surface area contributed by atoms with Gasteiger partial charge >= 0.3 is 0 Å². The second-order valence-corrected chi connectivity index (χ2v) is 6.39. The number of hydrogen-bond acceptors (Lipinski definition) is 3. The molecule has 3 rings (SSSR count). The van der Waals surface area contributed by atoms with Crippen LogP contribution in [0, 0.1) is 6.92 Å². The quantitative estimate of drug-likeness (QED) is 0.924. The van der Waals surface area contributed by atoms with Gasteiger partial charge in [0.2, 0.25) is 0 Å². The normalized spacial score (nSPS) is 15.7. The number of nitrogens with zero attached hydrogens (tertiary/aromatic N) is 2. The number of aromatic nitrogens is 1. The molecule has 1 aliphatic heterocycles. The number of carbonyl (C=O) groups is 2. The number of H-pyrrole nitrogens is 1. The minimum Gasteiger partial charge on any atom is -0.367 e. The molecule has 0 unspecified atom stereocenters. The van der Waals surface area contributed by atoms with E-state index in [1.54, 1.807) is 18.5 Å². The van der Waals surface area contributed by atoms with E-state index in [1.165, 1.54) is 11.3 Å². The summed E-state index contributed by atoms with van der Waals surface area (Å²) in [5.41, 5.74) is 1.70. The van der Waals surface area contributed by atoms with E-state index in [2.05, 4.69) is 4.98 Å². The van der Waals surface area contributed by atoms with Crippen LogP contribution in [0.1, 0.15) is 32.0 Å². The number of thiophene rings is 1. The summed E-state index contributed by atoms with van der Waals surface area (Å²) >= 11 is 1.49. The maximum Gasteiger partial charge on any atom is 0.264 e. The molecule has 1 N–H and O–H groups in total. The van der Waals surface area contributed by atoms with Crippen molar-refractivity contribution in [1.29, 1.82) is 0 Å². The zero-order valence-corrected chi connectivity index (χ0v) is 13.4. The molecule has 3 heterocycles. The number of aryl methyl sites for hydroxylation is 1. The maximum atomic E-state index is 12.6. The van der Waals surface area contributed by atoms with Crippen molar-refractivity contribution in [3.63, 3.8) is 0 Å². The molecule has 6 heteroatoms. The highest BCUT2D eigenvalue weighted by Gasteiger charge is 2.24. The third-order valence-corrected chi connectivity index (χ3v) is 4.98. The summed E-state index contributed by atoms with van der Waals surface area (Å²) in [5.74, 6) is 0.117. The van der Waals surface area contributed by atoms with Crippen molar-refractivity contribution < 1.29 is 9.59 Å². The van der Waals surface area contributed by atoms with Crippen LogP contribution in [-0.2, 0) is 0 Å². The summed E-state index contributed by atoms with van der Waals surface area (Å²) in [6, 6.07) is 3.75. The Hall–Kier alpha value is -2.08. The molecule has 0 saturated carbocycles. The van der Waals surface area contributed by atoms with Crippen molar-refractivity contribution in [3.05, 3.63) is 45.9 Å². The smallest absolute Gasteiger partial charge is 0.264 e. The molecule has 0 spiro atoms. The molecule has 0 bridgehead atoms. The Balaban J connectivity index is 1.66. The van der Waals surface area contributed by atoms with Crippen LogP contribution in [0.2, 0.25) is 0 Å². The fraction of sp³-hybridized carbons (Fsp3) is 0.375. The van der Waals surface area contributed by atoms with E-state index in [4.69, 9.17) is 0 Å². The minimum absolute atomic E-state index is 0.0304. The van der Waals surface area contributed by atoms with Crippen LogP contribution in [-0.4, -0.2) is 52.8 Å². The van der Waals surface area contributed by atoms with E-state index in [9.17, 15) is 9.59 Å². The molecule has 2 amide bonds. The van der Waals surface area contributed by atoms with Gasteiger partial charge in [-0.3, -0.25) is 9.59 Å². The number of rotatable bonds is 2. The fourth-order valence-corrected chi connectivity index (χ4v) is 3.59. The first kappa shape index (κ1) is 14.8. The molecule has 116 valence electrons. The lowest BCUT2D eigenvalue weighted by Crippen LogP contribution is -2.37. The minimum atomic E-state index is 0.0304. The van der Waals surface area contributed by atoms with Crippen molar-refractivity contribution in [2.45, 2.75) is 13.3 Å². The summed E-state index contributed by atoms with van der Waals surface area (Å²) in [7, 11) is 0. The first-order valence-corrected chi connectivity index (χ1v) is 8.30. The molecule has 2 aromatic rings. The molecule has 0 aromatic carbocycles. The SMILES string of the molecule is Cc1ccsc1C(=O)N1CCCN(C(=O)c2cc[nH]c2)CC1. The van der Waals surface area contributed by atoms with E-state index in [1.807, 2.05) is 28.2 Å². The fourth-order valence-electron chi connectivity index (χ4n) is 2.70. The predicted octanol–water partition coefficient (Wildman–Crippen LogP) is 2.37. The van der Waals surface area contributed by atoms with E-state index >= 15 is 0 Å². The van der Waals surface area contributed by atoms with E-state index < -0.39 is 0 Å². The van der Waals surface area contributed by atoms with Crippen LogP contribution in [0.3, 0.4) is 0 Å². The number of hydrogen-bond donors (Lipinski definition) is 1. The molecule has 5 nitrogen and oxygen atoms in total. The average Bonchev–Trinajstić information content (AvgIpc) is 3.12. The third-order valence-electron chi connectivity index (χ3n) is 3.97. The Morgan fingerprint density at radius 2 is 1.82 bits per heavy atom. The van der Waals surface area contributed by atoms with Gasteiger partial charge in [0.05, 0.1) is 10.4 Å². The molecule has 2 aromatic heterocycles. The van der Waals surface area contributed by atoms with Gasteiger partial charge in [-0.15, -0.1) is 11.3 Å². The van der Waals surface area contributed by atoms with Crippen LogP contribution in [0.15, 0.2) is 29.9 Å². The van der Waals surface area contributed by atoms with Crippen LogP contribution < -0.4 is 0 Å². The lowest BCUT2D eigenvalue weighted by atomic mass is 10.2. The largest absolute Gasteiger partial charge is 0.367 e. The molecular weight excluding hydrogens is 298 g/mol. The van der Waals surface area contributed by atoms with Gasteiger partial charge in [0, 0.05) is 38.6 Å². The van der Waals surface area contributed by atoms with Crippen molar-refractivity contribution in [3.8, 4) is 0 Å². The standard InChI is InChI=1S/C16H19N3O2S/c1-12-4-10-22-14(12)16(21)19-7-2-6-18(8-9-19)15(20)13-3-5-17-11-13/h3-5,10-11,17H,2,6-9H2,1H3. The summed E-state index contributed by atoms with van der Waals surface area (Å²) < 4.78 is 0. The molecule has 22 heavy (non-hydrogen) atoms. The summed E-state index contributed by atoms with van der Waals surface area (Å²) in [6.07, 6.45) is 4.28. The summed E-state index contributed by atoms with van der Waals surface area (Å²) in [4.78, 5) is 32.4. The number of nitrogens with one attached hydrogen (secondary N) is 1. The Bertz CT molecular complexity index is 663. The third kappa shape index (κ3) is 2.92. The lowest BCUT2D eigenvalue weighted by molar-refractivity contribution is 0.0721. The highest BCUT2D eigenvalue weighted by molar-refractivity contribution is 7.12. The van der Waals surface area contributed by atoms with Crippen LogP contribution in [0.5, 0.6) is 0 Å². The van der Waals surface area contributed by atoms with Crippen molar-refractivity contribution in [2.24, 2.45) is 0 Å². The lowest BCUT2D eigenvalue weighted by Gasteiger charge is -2.21. The molecule has 1 aliphatic rings. The Kier molecular flexibility index (Phi) is 4.29. The van der Waals surface area contributed by atoms with Gasteiger partial charge in [-0.1, -0.05) is 0 Å².